The summed E-state index contributed by atoms with van der Waals surface area (Å²) in [6.45, 7) is 2.59. The normalized spacial score (nSPS) is 11.8. The van der Waals surface area contributed by atoms with Crippen molar-refractivity contribution in [3.05, 3.63) is 60.4 Å². The monoisotopic (exact) mass is 378 g/mol. The van der Waals surface area contributed by atoms with Crippen molar-refractivity contribution in [3.8, 4) is 17.2 Å². The molecule has 28 heavy (non-hydrogen) atoms. The molecule has 0 spiro atoms. The predicted molar refractivity (Wildman–Crippen MR) is 103 cm³/mol. The smallest absolute Gasteiger partial charge is 0.274 e. The maximum Gasteiger partial charge on any atom is 0.274 e. The van der Waals surface area contributed by atoms with Crippen molar-refractivity contribution in [1.82, 2.24) is 9.97 Å². The summed E-state index contributed by atoms with van der Waals surface area (Å²) in [5.41, 5.74) is 1.53. The van der Waals surface area contributed by atoms with Crippen LogP contribution >= 0.6 is 0 Å². The minimum atomic E-state index is -0.358. The van der Waals surface area contributed by atoms with Crippen LogP contribution < -0.4 is 24.8 Å². The standard InChI is InChI=1S/C20H18N4O4/c1-2-26-16-6-4-3-5-14(16)23-19(25)15-9-10-21-20(24-15)22-13-7-8-17-18(11-13)28-12-27-17/h3-11H,2,12H2,1H3,(H,23,25)(H,21,22,24). The fourth-order valence-corrected chi connectivity index (χ4v) is 2.69. The quantitative estimate of drug-likeness (QED) is 0.677. The first-order valence-corrected chi connectivity index (χ1v) is 8.76. The summed E-state index contributed by atoms with van der Waals surface area (Å²) in [5.74, 6) is 1.87. The first kappa shape index (κ1) is 17.6. The molecular weight excluding hydrogens is 360 g/mol. The minimum Gasteiger partial charge on any atom is -0.492 e. The molecule has 4 rings (SSSR count). The van der Waals surface area contributed by atoms with Crippen LogP contribution in [0, 0.1) is 0 Å². The Hall–Kier alpha value is -3.81. The van der Waals surface area contributed by atoms with E-state index in [0.717, 1.165) is 5.69 Å². The number of ether oxygens (including phenoxy) is 3. The van der Waals surface area contributed by atoms with E-state index in [9.17, 15) is 4.79 Å². The second-order valence-electron chi connectivity index (χ2n) is 5.84. The van der Waals surface area contributed by atoms with Crippen LogP contribution in [-0.4, -0.2) is 29.3 Å². The third kappa shape index (κ3) is 3.80. The van der Waals surface area contributed by atoms with Gasteiger partial charge < -0.3 is 24.8 Å². The van der Waals surface area contributed by atoms with E-state index in [1.54, 1.807) is 30.3 Å². The molecule has 1 aliphatic heterocycles. The number of amides is 1. The SMILES string of the molecule is CCOc1ccccc1NC(=O)c1ccnc(Nc2ccc3c(c2)OCO3)n1. The van der Waals surface area contributed by atoms with Gasteiger partial charge in [0.2, 0.25) is 12.7 Å². The number of nitrogens with zero attached hydrogens (tertiary/aromatic N) is 2. The maximum absolute atomic E-state index is 12.6. The maximum atomic E-state index is 12.6. The van der Waals surface area contributed by atoms with Crippen molar-refractivity contribution in [2.24, 2.45) is 0 Å². The third-order valence-corrected chi connectivity index (χ3v) is 3.95. The highest BCUT2D eigenvalue weighted by atomic mass is 16.7. The minimum absolute atomic E-state index is 0.203. The van der Waals surface area contributed by atoms with Crippen LogP contribution in [0.3, 0.4) is 0 Å². The summed E-state index contributed by atoms with van der Waals surface area (Å²) >= 11 is 0. The zero-order valence-electron chi connectivity index (χ0n) is 15.1. The van der Waals surface area contributed by atoms with E-state index in [-0.39, 0.29) is 18.4 Å². The van der Waals surface area contributed by atoms with Crippen molar-refractivity contribution in [1.29, 1.82) is 0 Å². The number of para-hydroxylation sites is 2. The second kappa shape index (κ2) is 7.83. The molecule has 8 nitrogen and oxygen atoms in total. The molecule has 2 N–H and O–H groups in total. The summed E-state index contributed by atoms with van der Waals surface area (Å²) in [7, 11) is 0. The number of fused-ring (bicyclic) bond motifs is 1. The molecule has 0 aliphatic carbocycles. The summed E-state index contributed by atoms with van der Waals surface area (Å²) < 4.78 is 16.2. The Labute approximate surface area is 161 Å². The lowest BCUT2D eigenvalue weighted by Crippen LogP contribution is -2.15. The Kier molecular flexibility index (Phi) is 4.92. The lowest BCUT2D eigenvalue weighted by atomic mass is 10.2. The van der Waals surface area contributed by atoms with Gasteiger partial charge in [-0.05, 0) is 37.3 Å². The van der Waals surface area contributed by atoms with E-state index in [1.165, 1.54) is 6.20 Å². The number of hydrogen-bond donors (Lipinski definition) is 2. The van der Waals surface area contributed by atoms with Gasteiger partial charge in [0, 0.05) is 18.0 Å². The van der Waals surface area contributed by atoms with Gasteiger partial charge in [0.25, 0.3) is 5.91 Å². The van der Waals surface area contributed by atoms with Gasteiger partial charge in [-0.1, -0.05) is 12.1 Å². The average molecular weight is 378 g/mol. The zero-order chi connectivity index (χ0) is 19.3. The molecule has 0 saturated carbocycles. The average Bonchev–Trinajstić information content (AvgIpc) is 3.18. The van der Waals surface area contributed by atoms with Crippen molar-refractivity contribution < 1.29 is 19.0 Å². The van der Waals surface area contributed by atoms with E-state index in [2.05, 4.69) is 20.6 Å². The van der Waals surface area contributed by atoms with E-state index in [4.69, 9.17) is 14.2 Å². The van der Waals surface area contributed by atoms with E-state index < -0.39 is 0 Å². The van der Waals surface area contributed by atoms with Gasteiger partial charge in [0.1, 0.15) is 11.4 Å². The molecular formula is C20H18N4O4. The summed E-state index contributed by atoms with van der Waals surface area (Å²) in [4.78, 5) is 21.1. The van der Waals surface area contributed by atoms with Crippen molar-refractivity contribution in [2.75, 3.05) is 24.0 Å². The number of benzene rings is 2. The topological polar surface area (TPSA) is 94.6 Å². The van der Waals surface area contributed by atoms with Crippen LogP contribution in [0.15, 0.2) is 54.7 Å². The Morgan fingerprint density at radius 2 is 2.00 bits per heavy atom. The molecule has 2 heterocycles. The van der Waals surface area contributed by atoms with Crippen LogP contribution in [0.4, 0.5) is 17.3 Å². The van der Waals surface area contributed by atoms with Crippen molar-refractivity contribution >= 4 is 23.2 Å². The third-order valence-electron chi connectivity index (χ3n) is 3.95. The van der Waals surface area contributed by atoms with Gasteiger partial charge >= 0.3 is 0 Å². The van der Waals surface area contributed by atoms with Gasteiger partial charge in [-0.25, -0.2) is 9.97 Å². The number of nitrogens with one attached hydrogen (secondary N) is 2. The van der Waals surface area contributed by atoms with Crippen molar-refractivity contribution in [2.45, 2.75) is 6.92 Å². The molecule has 0 radical (unpaired) electrons. The number of hydrogen-bond acceptors (Lipinski definition) is 7. The molecule has 1 amide bonds. The molecule has 0 unspecified atom stereocenters. The molecule has 1 aliphatic rings. The number of anilines is 3. The lowest BCUT2D eigenvalue weighted by molar-refractivity contribution is 0.102. The Morgan fingerprint density at radius 3 is 2.89 bits per heavy atom. The van der Waals surface area contributed by atoms with E-state index in [0.29, 0.717) is 35.5 Å². The first-order chi connectivity index (χ1) is 13.7. The number of carbonyl (C=O) groups excluding carboxylic acids is 1. The van der Waals surface area contributed by atoms with Gasteiger partial charge in [-0.3, -0.25) is 4.79 Å². The van der Waals surface area contributed by atoms with Gasteiger partial charge in [-0.2, -0.15) is 0 Å². The number of aromatic nitrogens is 2. The molecule has 0 fully saturated rings. The largest absolute Gasteiger partial charge is 0.492 e. The Morgan fingerprint density at radius 1 is 1.14 bits per heavy atom. The van der Waals surface area contributed by atoms with E-state index >= 15 is 0 Å². The molecule has 0 atom stereocenters. The molecule has 0 saturated heterocycles. The van der Waals surface area contributed by atoms with Crippen LogP contribution in [-0.2, 0) is 0 Å². The molecule has 3 aromatic rings. The number of rotatable bonds is 6. The van der Waals surface area contributed by atoms with Crippen LogP contribution in [0.5, 0.6) is 17.2 Å². The first-order valence-electron chi connectivity index (χ1n) is 8.76. The predicted octanol–water partition coefficient (Wildman–Crippen LogP) is 3.60. The highest BCUT2D eigenvalue weighted by Crippen LogP contribution is 2.34. The number of carbonyl (C=O) groups is 1. The van der Waals surface area contributed by atoms with Gasteiger partial charge in [0.05, 0.1) is 12.3 Å². The summed E-state index contributed by atoms with van der Waals surface area (Å²) in [6.07, 6.45) is 1.52. The molecule has 0 bridgehead atoms. The summed E-state index contributed by atoms with van der Waals surface area (Å²) in [5, 5.41) is 5.88. The molecule has 2 aromatic carbocycles. The highest BCUT2D eigenvalue weighted by molar-refractivity contribution is 6.03. The fraction of sp³-hybridized carbons (Fsp3) is 0.150. The van der Waals surface area contributed by atoms with Crippen LogP contribution in [0.1, 0.15) is 17.4 Å². The second-order valence-corrected chi connectivity index (χ2v) is 5.84. The van der Waals surface area contributed by atoms with Crippen LogP contribution in [0.25, 0.3) is 0 Å². The molecule has 8 heteroatoms. The lowest BCUT2D eigenvalue weighted by Gasteiger charge is -2.11. The zero-order valence-corrected chi connectivity index (χ0v) is 15.1. The van der Waals surface area contributed by atoms with E-state index in [1.807, 2.05) is 25.1 Å². The van der Waals surface area contributed by atoms with Gasteiger partial charge in [-0.15, -0.1) is 0 Å². The Balaban J connectivity index is 1.50. The summed E-state index contributed by atoms with van der Waals surface area (Å²) in [6, 6.07) is 14.2. The van der Waals surface area contributed by atoms with Gasteiger partial charge in [0.15, 0.2) is 11.5 Å². The van der Waals surface area contributed by atoms with Crippen LogP contribution in [0.2, 0.25) is 0 Å². The molecule has 1 aromatic heterocycles. The Bertz CT molecular complexity index is 1010. The highest BCUT2D eigenvalue weighted by Gasteiger charge is 2.15. The van der Waals surface area contributed by atoms with Crippen molar-refractivity contribution in [3.63, 3.8) is 0 Å². The molecule has 142 valence electrons. The fourth-order valence-electron chi connectivity index (χ4n) is 2.69.